The van der Waals surface area contributed by atoms with Crippen molar-refractivity contribution >= 4 is 5.91 Å². The smallest absolute Gasteiger partial charge is 0.248 e. The number of amides is 1. The van der Waals surface area contributed by atoms with Crippen molar-refractivity contribution in [1.82, 2.24) is 4.90 Å². The molecule has 0 aromatic heterocycles. The van der Waals surface area contributed by atoms with Crippen LogP contribution in [-0.2, 0) is 9.53 Å². The van der Waals surface area contributed by atoms with Crippen LogP contribution in [-0.4, -0.2) is 42.1 Å². The second-order valence-corrected chi connectivity index (χ2v) is 4.90. The highest BCUT2D eigenvalue weighted by atomic mass is 16.5. The Bertz CT molecular complexity index is 251. The molecule has 0 bridgehead atoms. The third-order valence-electron chi connectivity index (χ3n) is 3.57. The van der Waals surface area contributed by atoms with Crippen LogP contribution in [0, 0.1) is 0 Å². The molecule has 0 aromatic rings. The van der Waals surface area contributed by atoms with E-state index in [1.165, 1.54) is 12.8 Å². The van der Waals surface area contributed by atoms with E-state index < -0.39 is 0 Å². The maximum absolute atomic E-state index is 11.7. The highest BCUT2D eigenvalue weighted by Gasteiger charge is 2.38. The first kappa shape index (κ1) is 10.9. The second-order valence-electron chi connectivity index (χ2n) is 4.90. The lowest BCUT2D eigenvalue weighted by molar-refractivity contribution is -0.163. The van der Waals surface area contributed by atoms with Crippen LogP contribution in [0.3, 0.4) is 0 Å². The standard InChI is InChI=1S/C11H20N2O2/c1-11(7-12)8-13(10(14)6-15-11)9-4-2-3-5-9/h9H,2-8,12H2,1H3. The molecule has 1 atom stereocenters. The van der Waals surface area contributed by atoms with Gasteiger partial charge in [0.2, 0.25) is 5.91 Å². The largest absolute Gasteiger partial charge is 0.362 e. The fraction of sp³-hybridized carbons (Fsp3) is 0.909. The van der Waals surface area contributed by atoms with Gasteiger partial charge in [-0.25, -0.2) is 0 Å². The number of carbonyl (C=O) groups is 1. The van der Waals surface area contributed by atoms with Crippen molar-refractivity contribution in [2.24, 2.45) is 5.73 Å². The van der Waals surface area contributed by atoms with E-state index in [1.54, 1.807) is 0 Å². The molecule has 0 radical (unpaired) electrons. The molecule has 4 nitrogen and oxygen atoms in total. The van der Waals surface area contributed by atoms with Gasteiger partial charge in [0.25, 0.3) is 0 Å². The summed E-state index contributed by atoms with van der Waals surface area (Å²) in [6, 6.07) is 0.437. The second kappa shape index (κ2) is 4.10. The lowest BCUT2D eigenvalue weighted by atomic mass is 10.0. The van der Waals surface area contributed by atoms with E-state index in [-0.39, 0.29) is 18.1 Å². The molecule has 4 heteroatoms. The summed E-state index contributed by atoms with van der Waals surface area (Å²) in [6.45, 7) is 3.32. The maximum atomic E-state index is 11.7. The molecule has 1 aliphatic carbocycles. The molecule has 15 heavy (non-hydrogen) atoms. The molecule has 2 N–H and O–H groups in total. The molecule has 1 amide bonds. The van der Waals surface area contributed by atoms with E-state index in [0.29, 0.717) is 19.1 Å². The van der Waals surface area contributed by atoms with Crippen LogP contribution in [0.15, 0.2) is 0 Å². The highest BCUT2D eigenvalue weighted by molar-refractivity contribution is 5.78. The van der Waals surface area contributed by atoms with Gasteiger partial charge in [0, 0.05) is 12.6 Å². The number of ether oxygens (including phenoxy) is 1. The highest BCUT2D eigenvalue weighted by Crippen LogP contribution is 2.28. The molecular weight excluding hydrogens is 192 g/mol. The van der Waals surface area contributed by atoms with Gasteiger partial charge < -0.3 is 15.4 Å². The molecule has 2 aliphatic rings. The molecule has 86 valence electrons. The monoisotopic (exact) mass is 212 g/mol. The van der Waals surface area contributed by atoms with Gasteiger partial charge in [-0.1, -0.05) is 12.8 Å². The van der Waals surface area contributed by atoms with Gasteiger partial charge in [-0.05, 0) is 19.8 Å². The van der Waals surface area contributed by atoms with Crippen molar-refractivity contribution < 1.29 is 9.53 Å². The van der Waals surface area contributed by atoms with E-state index in [4.69, 9.17) is 10.5 Å². The lowest BCUT2D eigenvalue weighted by Gasteiger charge is -2.42. The summed E-state index contributed by atoms with van der Waals surface area (Å²) in [4.78, 5) is 13.7. The summed E-state index contributed by atoms with van der Waals surface area (Å²) in [5, 5.41) is 0. The Balaban J connectivity index is 2.04. The number of rotatable bonds is 2. The Morgan fingerprint density at radius 1 is 1.53 bits per heavy atom. The summed E-state index contributed by atoms with van der Waals surface area (Å²) in [6.07, 6.45) is 4.78. The minimum Gasteiger partial charge on any atom is -0.362 e. The van der Waals surface area contributed by atoms with Crippen molar-refractivity contribution in [2.45, 2.75) is 44.2 Å². The minimum atomic E-state index is -0.337. The molecule has 0 spiro atoms. The number of morpholine rings is 1. The Labute approximate surface area is 90.8 Å². The minimum absolute atomic E-state index is 0.132. The fourth-order valence-electron chi connectivity index (χ4n) is 2.49. The third kappa shape index (κ3) is 2.16. The maximum Gasteiger partial charge on any atom is 0.248 e. The summed E-state index contributed by atoms with van der Waals surface area (Å²) in [5.74, 6) is 0.132. The van der Waals surface area contributed by atoms with Crippen LogP contribution in [0.1, 0.15) is 32.6 Å². The van der Waals surface area contributed by atoms with Crippen molar-refractivity contribution in [2.75, 3.05) is 19.7 Å². The zero-order valence-electron chi connectivity index (χ0n) is 9.37. The lowest BCUT2D eigenvalue weighted by Crippen LogP contribution is -2.58. The van der Waals surface area contributed by atoms with Crippen LogP contribution in [0.5, 0.6) is 0 Å². The zero-order valence-corrected chi connectivity index (χ0v) is 9.37. The molecule has 1 heterocycles. The molecule has 1 unspecified atom stereocenters. The quantitative estimate of drug-likeness (QED) is 0.725. The van der Waals surface area contributed by atoms with E-state index in [1.807, 2.05) is 11.8 Å². The first-order chi connectivity index (χ1) is 7.14. The SMILES string of the molecule is CC1(CN)CN(C2CCCC2)C(=O)CO1. The Morgan fingerprint density at radius 2 is 2.20 bits per heavy atom. The van der Waals surface area contributed by atoms with Gasteiger partial charge >= 0.3 is 0 Å². The summed E-state index contributed by atoms with van der Waals surface area (Å²) >= 11 is 0. The predicted octanol–water partition coefficient (Wildman–Crippen LogP) is 0.505. The first-order valence-electron chi connectivity index (χ1n) is 5.78. The summed E-state index contributed by atoms with van der Waals surface area (Å²) in [7, 11) is 0. The fourth-order valence-corrected chi connectivity index (χ4v) is 2.49. The molecule has 1 saturated heterocycles. The van der Waals surface area contributed by atoms with E-state index in [2.05, 4.69) is 0 Å². The van der Waals surface area contributed by atoms with Gasteiger partial charge in [0.1, 0.15) is 6.61 Å². The molecule has 1 saturated carbocycles. The topological polar surface area (TPSA) is 55.6 Å². The Morgan fingerprint density at radius 3 is 2.80 bits per heavy atom. The van der Waals surface area contributed by atoms with Crippen molar-refractivity contribution in [3.63, 3.8) is 0 Å². The van der Waals surface area contributed by atoms with E-state index in [9.17, 15) is 4.79 Å². The van der Waals surface area contributed by atoms with Crippen LogP contribution in [0.4, 0.5) is 0 Å². The average molecular weight is 212 g/mol. The molecule has 1 aliphatic heterocycles. The predicted molar refractivity (Wildman–Crippen MR) is 57.4 cm³/mol. The van der Waals surface area contributed by atoms with Crippen LogP contribution >= 0.6 is 0 Å². The van der Waals surface area contributed by atoms with Crippen LogP contribution in [0.25, 0.3) is 0 Å². The Kier molecular flexibility index (Phi) is 2.98. The first-order valence-corrected chi connectivity index (χ1v) is 5.78. The van der Waals surface area contributed by atoms with Crippen molar-refractivity contribution in [3.8, 4) is 0 Å². The number of carbonyl (C=O) groups excluding carboxylic acids is 1. The van der Waals surface area contributed by atoms with Crippen molar-refractivity contribution in [1.29, 1.82) is 0 Å². The third-order valence-corrected chi connectivity index (χ3v) is 3.57. The molecule has 2 fully saturated rings. The molecular formula is C11H20N2O2. The number of hydrogen-bond donors (Lipinski definition) is 1. The van der Waals surface area contributed by atoms with Gasteiger partial charge in [0.15, 0.2) is 0 Å². The molecule has 0 aromatic carbocycles. The number of hydrogen-bond acceptors (Lipinski definition) is 3. The van der Waals surface area contributed by atoms with E-state index in [0.717, 1.165) is 12.8 Å². The van der Waals surface area contributed by atoms with Gasteiger partial charge in [0.05, 0.1) is 12.1 Å². The normalized spacial score (nSPS) is 33.7. The summed E-state index contributed by atoms with van der Waals surface area (Å²) < 4.78 is 5.50. The Hall–Kier alpha value is -0.610. The van der Waals surface area contributed by atoms with E-state index >= 15 is 0 Å². The van der Waals surface area contributed by atoms with Crippen molar-refractivity contribution in [3.05, 3.63) is 0 Å². The zero-order chi connectivity index (χ0) is 10.9. The van der Waals surface area contributed by atoms with Gasteiger partial charge in [-0.15, -0.1) is 0 Å². The van der Waals surface area contributed by atoms with Crippen LogP contribution < -0.4 is 5.73 Å². The summed E-state index contributed by atoms with van der Waals surface area (Å²) in [5.41, 5.74) is 5.34. The molecule has 2 rings (SSSR count). The van der Waals surface area contributed by atoms with Crippen LogP contribution in [0.2, 0.25) is 0 Å². The number of nitrogens with two attached hydrogens (primary N) is 1. The van der Waals surface area contributed by atoms with Gasteiger partial charge in [-0.2, -0.15) is 0 Å². The average Bonchev–Trinajstić information content (AvgIpc) is 2.75. The van der Waals surface area contributed by atoms with Gasteiger partial charge in [-0.3, -0.25) is 4.79 Å². The number of nitrogens with zero attached hydrogens (tertiary/aromatic N) is 1.